The first-order valence-electron chi connectivity index (χ1n) is 4.94. The van der Waals surface area contributed by atoms with Gasteiger partial charge in [-0.05, 0) is 24.3 Å². The number of benzene rings is 1. The van der Waals surface area contributed by atoms with E-state index in [2.05, 4.69) is 26.2 Å². The fourth-order valence-corrected chi connectivity index (χ4v) is 2.04. The van der Waals surface area contributed by atoms with E-state index >= 15 is 0 Å². The Morgan fingerprint density at radius 2 is 2.00 bits per heavy atom. The van der Waals surface area contributed by atoms with Crippen molar-refractivity contribution >= 4 is 50.7 Å². The summed E-state index contributed by atoms with van der Waals surface area (Å²) in [5.41, 5.74) is 0.811. The van der Waals surface area contributed by atoms with Crippen LogP contribution in [0.3, 0.4) is 0 Å². The van der Waals surface area contributed by atoms with Crippen LogP contribution < -0.4 is 5.32 Å². The average Bonchev–Trinajstić information content (AvgIpc) is 2.34. The summed E-state index contributed by atoms with van der Waals surface area (Å²) in [5.74, 6) is -0.354. The molecule has 3 nitrogen and oxygen atoms in total. The van der Waals surface area contributed by atoms with Gasteiger partial charge in [0.1, 0.15) is 0 Å². The smallest absolute Gasteiger partial charge is 0.258 e. The topological polar surface area (TPSA) is 42.0 Å². The van der Waals surface area contributed by atoms with Crippen LogP contribution in [0.4, 0.5) is 5.69 Å². The summed E-state index contributed by atoms with van der Waals surface area (Å²) in [6.45, 7) is 0. The van der Waals surface area contributed by atoms with Crippen molar-refractivity contribution in [3.8, 4) is 0 Å². The number of halogens is 3. The average molecular weight is 346 g/mol. The summed E-state index contributed by atoms with van der Waals surface area (Å²) in [6, 6.07) is 6.74. The number of nitrogens with one attached hydrogen (secondary N) is 1. The molecule has 0 atom stereocenters. The number of amides is 1. The zero-order valence-electron chi connectivity index (χ0n) is 8.95. The number of anilines is 1. The standard InChI is InChI=1S/C12H7BrCl2N2O/c13-7-1-2-10(15)11(5-7)17-12(18)8-6-16-4-3-9(8)14/h1-6H,(H,17,18). The fourth-order valence-electron chi connectivity index (χ4n) is 1.33. The largest absolute Gasteiger partial charge is 0.321 e. The lowest BCUT2D eigenvalue weighted by atomic mass is 10.2. The molecule has 0 saturated carbocycles. The van der Waals surface area contributed by atoms with Crippen LogP contribution >= 0.6 is 39.1 Å². The van der Waals surface area contributed by atoms with E-state index in [9.17, 15) is 4.79 Å². The van der Waals surface area contributed by atoms with Crippen molar-refractivity contribution < 1.29 is 4.79 Å². The van der Waals surface area contributed by atoms with Gasteiger partial charge >= 0.3 is 0 Å². The first kappa shape index (κ1) is 13.3. The molecule has 6 heteroatoms. The first-order chi connectivity index (χ1) is 8.58. The molecule has 18 heavy (non-hydrogen) atoms. The van der Waals surface area contributed by atoms with E-state index in [1.54, 1.807) is 24.3 Å². The highest BCUT2D eigenvalue weighted by atomic mass is 79.9. The lowest BCUT2D eigenvalue weighted by Crippen LogP contribution is -2.13. The van der Waals surface area contributed by atoms with E-state index in [0.29, 0.717) is 21.3 Å². The normalized spacial score (nSPS) is 10.2. The van der Waals surface area contributed by atoms with Crippen LogP contribution in [-0.4, -0.2) is 10.9 Å². The third kappa shape index (κ3) is 3.02. The van der Waals surface area contributed by atoms with Crippen molar-refractivity contribution in [1.29, 1.82) is 0 Å². The number of carbonyl (C=O) groups is 1. The molecule has 1 amide bonds. The quantitative estimate of drug-likeness (QED) is 0.876. The van der Waals surface area contributed by atoms with Crippen molar-refractivity contribution in [3.63, 3.8) is 0 Å². The molecule has 1 N–H and O–H groups in total. The third-order valence-electron chi connectivity index (χ3n) is 2.19. The second-order valence-electron chi connectivity index (χ2n) is 3.43. The molecule has 0 aliphatic heterocycles. The summed E-state index contributed by atoms with van der Waals surface area (Å²) in [7, 11) is 0. The highest BCUT2D eigenvalue weighted by Gasteiger charge is 2.12. The molecule has 0 radical (unpaired) electrons. The zero-order valence-corrected chi connectivity index (χ0v) is 12.1. The summed E-state index contributed by atoms with van der Waals surface area (Å²) in [4.78, 5) is 15.8. The minimum atomic E-state index is -0.354. The Bertz CT molecular complexity index is 604. The maximum absolute atomic E-state index is 12.0. The Labute approximate surface area is 122 Å². The zero-order chi connectivity index (χ0) is 13.1. The van der Waals surface area contributed by atoms with Gasteiger partial charge in [0.05, 0.1) is 21.3 Å². The molecule has 2 rings (SSSR count). The van der Waals surface area contributed by atoms with E-state index in [0.717, 1.165) is 4.47 Å². The number of hydrogen-bond donors (Lipinski definition) is 1. The number of nitrogens with zero attached hydrogens (tertiary/aromatic N) is 1. The predicted octanol–water partition coefficient (Wildman–Crippen LogP) is 4.40. The number of aromatic nitrogens is 1. The van der Waals surface area contributed by atoms with Crippen LogP contribution in [0.2, 0.25) is 10.0 Å². The molecule has 0 unspecified atom stereocenters. The highest BCUT2D eigenvalue weighted by Crippen LogP contribution is 2.26. The molecular formula is C12H7BrCl2N2O. The molecule has 1 aromatic carbocycles. The number of carbonyl (C=O) groups excluding carboxylic acids is 1. The fraction of sp³-hybridized carbons (Fsp3) is 0. The molecule has 1 heterocycles. The van der Waals surface area contributed by atoms with Crippen LogP contribution in [0.25, 0.3) is 0 Å². The Morgan fingerprint density at radius 3 is 2.72 bits per heavy atom. The van der Waals surface area contributed by atoms with E-state index < -0.39 is 0 Å². The van der Waals surface area contributed by atoms with Crippen LogP contribution in [0.15, 0.2) is 41.1 Å². The third-order valence-corrected chi connectivity index (χ3v) is 3.34. The number of hydrogen-bond acceptors (Lipinski definition) is 2. The number of rotatable bonds is 2. The lowest BCUT2D eigenvalue weighted by molar-refractivity contribution is 0.102. The summed E-state index contributed by atoms with van der Waals surface area (Å²) in [6.07, 6.45) is 2.93. The van der Waals surface area contributed by atoms with Crippen molar-refractivity contribution in [3.05, 3.63) is 56.7 Å². The summed E-state index contributed by atoms with van der Waals surface area (Å²) >= 11 is 15.2. The molecule has 2 aromatic rings. The van der Waals surface area contributed by atoms with Crippen LogP contribution in [0.1, 0.15) is 10.4 Å². The Hall–Kier alpha value is -1.10. The second-order valence-corrected chi connectivity index (χ2v) is 5.16. The molecular weight excluding hydrogens is 339 g/mol. The van der Waals surface area contributed by atoms with Gasteiger partial charge in [0.15, 0.2) is 0 Å². The minimum Gasteiger partial charge on any atom is -0.321 e. The van der Waals surface area contributed by atoms with Crippen molar-refractivity contribution in [2.75, 3.05) is 5.32 Å². The molecule has 1 aromatic heterocycles. The van der Waals surface area contributed by atoms with E-state index in [-0.39, 0.29) is 5.91 Å². The SMILES string of the molecule is O=C(Nc1cc(Br)ccc1Cl)c1cnccc1Cl. The van der Waals surface area contributed by atoms with Gasteiger partial charge in [-0.15, -0.1) is 0 Å². The molecule has 0 bridgehead atoms. The molecule has 92 valence electrons. The molecule has 0 fully saturated rings. The summed E-state index contributed by atoms with van der Waals surface area (Å²) < 4.78 is 0.819. The molecule has 0 aliphatic carbocycles. The molecule has 0 aliphatic rings. The minimum absolute atomic E-state index is 0.301. The maximum atomic E-state index is 12.0. The summed E-state index contributed by atoms with van der Waals surface area (Å²) in [5, 5.41) is 3.47. The van der Waals surface area contributed by atoms with Gasteiger partial charge in [0.2, 0.25) is 0 Å². The van der Waals surface area contributed by atoms with Crippen LogP contribution in [0, 0.1) is 0 Å². The van der Waals surface area contributed by atoms with Gasteiger partial charge in [0.25, 0.3) is 5.91 Å². The van der Waals surface area contributed by atoms with Crippen LogP contribution in [-0.2, 0) is 0 Å². The van der Waals surface area contributed by atoms with Gasteiger partial charge in [-0.25, -0.2) is 0 Å². The second kappa shape index (κ2) is 5.69. The Kier molecular flexibility index (Phi) is 4.22. The molecule has 0 saturated heterocycles. The Morgan fingerprint density at radius 1 is 1.22 bits per heavy atom. The van der Waals surface area contributed by atoms with Gasteiger partial charge in [0, 0.05) is 16.9 Å². The van der Waals surface area contributed by atoms with Crippen molar-refractivity contribution in [2.45, 2.75) is 0 Å². The Balaban J connectivity index is 2.27. The van der Waals surface area contributed by atoms with Gasteiger partial charge in [-0.2, -0.15) is 0 Å². The van der Waals surface area contributed by atoms with Gasteiger partial charge in [-0.1, -0.05) is 39.1 Å². The molecule has 0 spiro atoms. The highest BCUT2D eigenvalue weighted by molar-refractivity contribution is 9.10. The monoisotopic (exact) mass is 344 g/mol. The lowest BCUT2D eigenvalue weighted by Gasteiger charge is -2.08. The van der Waals surface area contributed by atoms with E-state index in [1.165, 1.54) is 12.4 Å². The first-order valence-corrected chi connectivity index (χ1v) is 6.49. The van der Waals surface area contributed by atoms with E-state index in [1.807, 2.05) is 0 Å². The van der Waals surface area contributed by atoms with Crippen molar-refractivity contribution in [1.82, 2.24) is 4.98 Å². The van der Waals surface area contributed by atoms with E-state index in [4.69, 9.17) is 23.2 Å². The van der Waals surface area contributed by atoms with Crippen LogP contribution in [0.5, 0.6) is 0 Å². The maximum Gasteiger partial charge on any atom is 0.258 e. The van der Waals surface area contributed by atoms with Gasteiger partial charge < -0.3 is 5.32 Å². The van der Waals surface area contributed by atoms with Gasteiger partial charge in [-0.3, -0.25) is 9.78 Å². The predicted molar refractivity (Wildman–Crippen MR) is 76.4 cm³/mol. The van der Waals surface area contributed by atoms with Crippen molar-refractivity contribution in [2.24, 2.45) is 0 Å². The number of pyridine rings is 1.